The molecule has 0 aromatic rings. The predicted octanol–water partition coefficient (Wildman–Crippen LogP) is 6.99. The van der Waals surface area contributed by atoms with Gasteiger partial charge in [-0.1, -0.05) is 96.8 Å². The van der Waals surface area contributed by atoms with E-state index < -0.39 is 5.97 Å². The molecule has 0 rings (SSSR count). The molecule has 3 nitrogen and oxygen atoms in total. The first-order valence-electron chi connectivity index (χ1n) is 10.0. The van der Waals surface area contributed by atoms with Crippen LogP contribution in [0, 0.1) is 0 Å². The van der Waals surface area contributed by atoms with Crippen LogP contribution in [0.4, 0.5) is 0 Å². The molecular weight excluding hydrogens is 320 g/mol. The van der Waals surface area contributed by atoms with Gasteiger partial charge in [0, 0.05) is 13.3 Å². The summed E-state index contributed by atoms with van der Waals surface area (Å²) in [6.07, 6.45) is 20.3. The second-order valence-electron chi connectivity index (χ2n) is 6.73. The third kappa shape index (κ3) is 19.5. The first kappa shape index (κ1) is 23.5. The molecule has 0 amide bonds. The predicted molar refractivity (Wildman–Crippen MR) is 104 cm³/mol. The van der Waals surface area contributed by atoms with Gasteiger partial charge in [0.2, 0.25) is 5.12 Å². The van der Waals surface area contributed by atoms with Crippen molar-refractivity contribution in [2.75, 3.05) is 0 Å². The number of hydrogen-bond donors (Lipinski definition) is 0. The van der Waals surface area contributed by atoms with Crippen LogP contribution < -0.4 is 0 Å². The van der Waals surface area contributed by atoms with Gasteiger partial charge in [0.1, 0.15) is 12.0 Å². The molecule has 0 aliphatic carbocycles. The molecule has 0 radical (unpaired) electrons. The Morgan fingerprint density at radius 2 is 1.04 bits per heavy atom. The Kier molecular flexibility index (Phi) is 18.4. The zero-order valence-corrected chi connectivity index (χ0v) is 16.8. The van der Waals surface area contributed by atoms with Gasteiger partial charge in [-0.15, -0.1) is 0 Å². The van der Waals surface area contributed by atoms with Crippen molar-refractivity contribution < 1.29 is 13.8 Å². The molecule has 0 aliphatic rings. The number of carbonyl (C=O) groups excluding carboxylic acids is 2. The lowest BCUT2D eigenvalue weighted by Crippen LogP contribution is -1.97. The molecule has 4 heteroatoms. The van der Waals surface area contributed by atoms with Gasteiger partial charge in [-0.05, 0) is 6.42 Å². The summed E-state index contributed by atoms with van der Waals surface area (Å²) in [5.74, 6) is -0.412. The summed E-state index contributed by atoms with van der Waals surface area (Å²) in [5.41, 5.74) is 0. The molecule has 142 valence electrons. The summed E-state index contributed by atoms with van der Waals surface area (Å²) >= 11 is 0.683. The molecule has 0 heterocycles. The van der Waals surface area contributed by atoms with Crippen LogP contribution in [0.3, 0.4) is 0 Å². The van der Waals surface area contributed by atoms with Crippen LogP contribution in [-0.2, 0) is 13.8 Å². The molecule has 0 N–H and O–H groups in total. The Labute approximate surface area is 153 Å². The maximum absolute atomic E-state index is 11.4. The molecule has 0 unspecified atom stereocenters. The average Bonchev–Trinajstić information content (AvgIpc) is 2.56. The molecule has 0 spiro atoms. The SMILES string of the molecule is CCCCCCCCCCCCCCCCCC(=O)SOC(C)=O. The van der Waals surface area contributed by atoms with Crippen LogP contribution in [0.1, 0.15) is 117 Å². The number of carbonyl (C=O) groups is 2. The molecule has 0 fully saturated rings. The topological polar surface area (TPSA) is 43.4 Å². The highest BCUT2D eigenvalue weighted by Gasteiger charge is 2.05. The lowest BCUT2D eigenvalue weighted by Gasteiger charge is -2.03. The second-order valence-corrected chi connectivity index (χ2v) is 7.52. The number of rotatable bonds is 16. The Morgan fingerprint density at radius 1 is 0.667 bits per heavy atom. The highest BCUT2D eigenvalue weighted by molar-refractivity contribution is 8.09. The zero-order valence-electron chi connectivity index (χ0n) is 15.9. The summed E-state index contributed by atoms with van der Waals surface area (Å²) in [7, 11) is 0. The first-order valence-corrected chi connectivity index (χ1v) is 10.8. The minimum atomic E-state index is -0.412. The maximum Gasteiger partial charge on any atom is 0.315 e. The van der Waals surface area contributed by atoms with E-state index in [1.165, 1.54) is 90.4 Å². The van der Waals surface area contributed by atoms with E-state index in [2.05, 4.69) is 11.1 Å². The average molecular weight is 359 g/mol. The van der Waals surface area contributed by atoms with Crippen LogP contribution in [0.15, 0.2) is 0 Å². The quantitative estimate of drug-likeness (QED) is 0.220. The van der Waals surface area contributed by atoms with Gasteiger partial charge in [-0.2, -0.15) is 0 Å². The molecule has 0 aromatic heterocycles. The summed E-state index contributed by atoms with van der Waals surface area (Å²) < 4.78 is 4.61. The zero-order chi connectivity index (χ0) is 17.9. The Hall–Kier alpha value is -0.510. The minimum absolute atomic E-state index is 0.0418. The lowest BCUT2D eigenvalue weighted by molar-refractivity contribution is -0.131. The monoisotopic (exact) mass is 358 g/mol. The van der Waals surface area contributed by atoms with Crippen LogP contribution in [0.2, 0.25) is 0 Å². The van der Waals surface area contributed by atoms with E-state index in [1.807, 2.05) is 0 Å². The third-order valence-corrected chi connectivity index (χ3v) is 4.94. The van der Waals surface area contributed by atoms with Gasteiger partial charge in [-0.25, -0.2) is 0 Å². The van der Waals surface area contributed by atoms with Crippen LogP contribution in [0.5, 0.6) is 0 Å². The van der Waals surface area contributed by atoms with Crippen LogP contribution in [0.25, 0.3) is 0 Å². The molecule has 0 aliphatic heterocycles. The number of unbranched alkanes of at least 4 members (excludes halogenated alkanes) is 14. The van der Waals surface area contributed by atoms with E-state index in [9.17, 15) is 9.59 Å². The van der Waals surface area contributed by atoms with Crippen molar-refractivity contribution in [3.8, 4) is 0 Å². The molecule has 0 aromatic carbocycles. The fraction of sp³-hybridized carbons (Fsp3) is 0.900. The minimum Gasteiger partial charge on any atom is -0.383 e. The van der Waals surface area contributed by atoms with Crippen LogP contribution >= 0.6 is 12.0 Å². The lowest BCUT2D eigenvalue weighted by atomic mass is 10.0. The summed E-state index contributed by atoms with van der Waals surface area (Å²) in [5, 5.41) is -0.0418. The van der Waals surface area contributed by atoms with Crippen molar-refractivity contribution in [2.45, 2.75) is 117 Å². The Bertz CT molecular complexity index is 305. The van der Waals surface area contributed by atoms with Gasteiger partial charge in [-0.3, -0.25) is 9.59 Å². The summed E-state index contributed by atoms with van der Waals surface area (Å²) in [6.45, 7) is 3.58. The second kappa shape index (κ2) is 18.8. The molecular formula is C20H38O3S. The van der Waals surface area contributed by atoms with E-state index >= 15 is 0 Å². The molecule has 24 heavy (non-hydrogen) atoms. The van der Waals surface area contributed by atoms with Crippen LogP contribution in [-0.4, -0.2) is 11.1 Å². The molecule has 0 saturated carbocycles. The van der Waals surface area contributed by atoms with Gasteiger partial charge < -0.3 is 4.18 Å². The van der Waals surface area contributed by atoms with E-state index in [0.717, 1.165) is 12.8 Å². The highest BCUT2D eigenvalue weighted by Crippen LogP contribution is 2.15. The van der Waals surface area contributed by atoms with E-state index in [-0.39, 0.29) is 5.12 Å². The maximum atomic E-state index is 11.4. The summed E-state index contributed by atoms with van der Waals surface area (Å²) in [4.78, 5) is 21.9. The van der Waals surface area contributed by atoms with Crippen molar-refractivity contribution in [2.24, 2.45) is 0 Å². The molecule has 0 bridgehead atoms. The van der Waals surface area contributed by atoms with Crippen molar-refractivity contribution in [3.63, 3.8) is 0 Å². The van der Waals surface area contributed by atoms with Crippen molar-refractivity contribution in [3.05, 3.63) is 0 Å². The smallest absolute Gasteiger partial charge is 0.315 e. The fourth-order valence-electron chi connectivity index (χ4n) is 2.79. The number of hydrogen-bond acceptors (Lipinski definition) is 4. The third-order valence-electron chi connectivity index (χ3n) is 4.24. The Balaban J connectivity index is 3.10. The van der Waals surface area contributed by atoms with E-state index in [4.69, 9.17) is 0 Å². The Morgan fingerprint density at radius 3 is 1.42 bits per heavy atom. The highest BCUT2D eigenvalue weighted by atomic mass is 32.2. The largest absolute Gasteiger partial charge is 0.383 e. The van der Waals surface area contributed by atoms with Crippen molar-refractivity contribution >= 4 is 23.1 Å². The van der Waals surface area contributed by atoms with Gasteiger partial charge in [0.25, 0.3) is 0 Å². The van der Waals surface area contributed by atoms with E-state index in [0.29, 0.717) is 18.5 Å². The first-order chi connectivity index (χ1) is 11.7. The van der Waals surface area contributed by atoms with Gasteiger partial charge >= 0.3 is 5.97 Å². The molecule has 0 atom stereocenters. The summed E-state index contributed by atoms with van der Waals surface area (Å²) in [6, 6.07) is 0. The van der Waals surface area contributed by atoms with E-state index in [1.54, 1.807) is 0 Å². The van der Waals surface area contributed by atoms with Gasteiger partial charge in [0.05, 0.1) is 0 Å². The van der Waals surface area contributed by atoms with Crippen molar-refractivity contribution in [1.29, 1.82) is 0 Å². The normalized spacial score (nSPS) is 10.8. The fourth-order valence-corrected chi connectivity index (χ4v) is 3.23. The standard InChI is InChI=1S/C20H38O3S/c1-3-4-5-6-7-8-9-10-11-12-13-14-15-16-17-18-20(22)24-23-19(2)21/h3-18H2,1-2H3. The van der Waals surface area contributed by atoms with Gasteiger partial charge in [0.15, 0.2) is 0 Å². The van der Waals surface area contributed by atoms with Crippen molar-refractivity contribution in [1.82, 2.24) is 0 Å². The molecule has 0 saturated heterocycles.